The number of nitrogens with one attached hydrogen (secondary N) is 2. The number of aliphatic hydroxyl groups is 1. The van der Waals surface area contributed by atoms with Crippen LogP contribution in [0.5, 0.6) is 0 Å². The number of hydrogen-bond acceptors (Lipinski definition) is 2. The Bertz CT molecular complexity index is 717. The standard InChI is InChI=1S/C17H16N2O2/c20-16(12-6-2-1-3-7-12)17(21)18-11-14-10-13-8-4-5-9-15(13)19-14/h1-10,16,19-20H,11H2,(H,18,21). The number of H-pyrrole nitrogens is 1. The molecule has 3 aromatic rings. The summed E-state index contributed by atoms with van der Waals surface area (Å²) in [5, 5.41) is 13.8. The number of carbonyl (C=O) groups is 1. The molecule has 2 aromatic carbocycles. The van der Waals surface area contributed by atoms with Gasteiger partial charge < -0.3 is 15.4 Å². The molecule has 0 aliphatic heterocycles. The van der Waals surface area contributed by atoms with E-state index >= 15 is 0 Å². The number of amides is 1. The van der Waals surface area contributed by atoms with Crippen molar-refractivity contribution in [2.75, 3.05) is 0 Å². The van der Waals surface area contributed by atoms with Crippen molar-refractivity contribution >= 4 is 16.8 Å². The van der Waals surface area contributed by atoms with E-state index in [0.717, 1.165) is 16.6 Å². The lowest BCUT2D eigenvalue weighted by atomic mass is 10.1. The van der Waals surface area contributed by atoms with E-state index in [2.05, 4.69) is 10.3 Å². The second-order valence-corrected chi connectivity index (χ2v) is 4.91. The van der Waals surface area contributed by atoms with E-state index in [-0.39, 0.29) is 0 Å². The Kier molecular flexibility index (Phi) is 3.71. The van der Waals surface area contributed by atoms with Crippen molar-refractivity contribution in [1.29, 1.82) is 0 Å². The molecule has 0 saturated heterocycles. The van der Waals surface area contributed by atoms with Gasteiger partial charge in [0, 0.05) is 11.2 Å². The Morgan fingerprint density at radius 2 is 1.81 bits per heavy atom. The molecule has 21 heavy (non-hydrogen) atoms. The molecule has 0 radical (unpaired) electrons. The maximum absolute atomic E-state index is 12.0. The molecule has 1 atom stereocenters. The van der Waals surface area contributed by atoms with Gasteiger partial charge in [0.25, 0.3) is 5.91 Å². The van der Waals surface area contributed by atoms with Crippen LogP contribution in [-0.2, 0) is 11.3 Å². The number of aliphatic hydroxyl groups excluding tert-OH is 1. The van der Waals surface area contributed by atoms with Crippen LogP contribution < -0.4 is 5.32 Å². The normalized spacial score (nSPS) is 12.2. The lowest BCUT2D eigenvalue weighted by Crippen LogP contribution is -2.28. The summed E-state index contributed by atoms with van der Waals surface area (Å²) in [6.45, 7) is 0.359. The van der Waals surface area contributed by atoms with Crippen LogP contribution >= 0.6 is 0 Å². The van der Waals surface area contributed by atoms with E-state index in [4.69, 9.17) is 0 Å². The van der Waals surface area contributed by atoms with Crippen LogP contribution in [0.2, 0.25) is 0 Å². The third kappa shape index (κ3) is 2.95. The number of hydrogen-bond donors (Lipinski definition) is 3. The van der Waals surface area contributed by atoms with Gasteiger partial charge in [-0.15, -0.1) is 0 Å². The fourth-order valence-electron chi connectivity index (χ4n) is 2.29. The monoisotopic (exact) mass is 280 g/mol. The lowest BCUT2D eigenvalue weighted by Gasteiger charge is -2.10. The highest BCUT2D eigenvalue weighted by Crippen LogP contribution is 2.15. The third-order valence-corrected chi connectivity index (χ3v) is 3.40. The molecule has 0 spiro atoms. The first-order chi connectivity index (χ1) is 10.2. The molecule has 0 aliphatic rings. The molecule has 0 fully saturated rings. The summed E-state index contributed by atoms with van der Waals surface area (Å²) in [4.78, 5) is 15.2. The molecule has 4 heteroatoms. The molecule has 1 aromatic heterocycles. The average molecular weight is 280 g/mol. The van der Waals surface area contributed by atoms with Crippen LogP contribution in [0.3, 0.4) is 0 Å². The van der Waals surface area contributed by atoms with Crippen LogP contribution in [0, 0.1) is 0 Å². The predicted octanol–water partition coefficient (Wildman–Crippen LogP) is 2.52. The number of aromatic amines is 1. The molecule has 3 N–H and O–H groups in total. The van der Waals surface area contributed by atoms with Crippen LogP contribution in [0.25, 0.3) is 10.9 Å². The van der Waals surface area contributed by atoms with E-state index < -0.39 is 12.0 Å². The Hall–Kier alpha value is -2.59. The minimum absolute atomic E-state index is 0.359. The second kappa shape index (κ2) is 5.81. The van der Waals surface area contributed by atoms with Crippen LogP contribution in [-0.4, -0.2) is 16.0 Å². The van der Waals surface area contributed by atoms with Gasteiger partial charge in [-0.1, -0.05) is 48.5 Å². The highest BCUT2D eigenvalue weighted by molar-refractivity contribution is 5.83. The van der Waals surface area contributed by atoms with Gasteiger partial charge in [0.1, 0.15) is 0 Å². The van der Waals surface area contributed by atoms with Crippen molar-refractivity contribution in [2.24, 2.45) is 0 Å². The second-order valence-electron chi connectivity index (χ2n) is 4.91. The number of para-hydroxylation sites is 1. The highest BCUT2D eigenvalue weighted by Gasteiger charge is 2.16. The molecule has 1 heterocycles. The maximum Gasteiger partial charge on any atom is 0.253 e. The van der Waals surface area contributed by atoms with Gasteiger partial charge in [-0.25, -0.2) is 0 Å². The minimum atomic E-state index is -1.14. The largest absolute Gasteiger partial charge is 0.378 e. The fraction of sp³-hybridized carbons (Fsp3) is 0.118. The van der Waals surface area contributed by atoms with Crippen molar-refractivity contribution in [3.05, 3.63) is 71.9 Å². The van der Waals surface area contributed by atoms with Gasteiger partial charge in [0.05, 0.1) is 6.54 Å². The summed E-state index contributed by atoms with van der Waals surface area (Å²) >= 11 is 0. The molecule has 4 nitrogen and oxygen atoms in total. The van der Waals surface area contributed by atoms with E-state index in [1.54, 1.807) is 24.3 Å². The number of rotatable bonds is 4. The van der Waals surface area contributed by atoms with E-state index in [9.17, 15) is 9.90 Å². The van der Waals surface area contributed by atoms with Gasteiger partial charge in [-0.05, 0) is 23.1 Å². The lowest BCUT2D eigenvalue weighted by molar-refractivity contribution is -0.129. The molecule has 106 valence electrons. The molecule has 1 amide bonds. The highest BCUT2D eigenvalue weighted by atomic mass is 16.3. The van der Waals surface area contributed by atoms with Gasteiger partial charge >= 0.3 is 0 Å². The van der Waals surface area contributed by atoms with Crippen molar-refractivity contribution in [2.45, 2.75) is 12.6 Å². The SMILES string of the molecule is O=C(NCc1cc2ccccc2[nH]1)C(O)c1ccccc1. The zero-order valence-electron chi connectivity index (χ0n) is 11.4. The van der Waals surface area contributed by atoms with Gasteiger partial charge in [0.2, 0.25) is 0 Å². The van der Waals surface area contributed by atoms with Crippen LogP contribution in [0.4, 0.5) is 0 Å². The average Bonchev–Trinajstić information content (AvgIpc) is 2.95. The van der Waals surface area contributed by atoms with Gasteiger partial charge in [-0.2, -0.15) is 0 Å². The summed E-state index contributed by atoms with van der Waals surface area (Å²) in [6.07, 6.45) is -1.14. The minimum Gasteiger partial charge on any atom is -0.378 e. The van der Waals surface area contributed by atoms with Crippen molar-refractivity contribution in [3.8, 4) is 0 Å². The smallest absolute Gasteiger partial charge is 0.253 e. The molecule has 0 bridgehead atoms. The number of benzene rings is 2. The van der Waals surface area contributed by atoms with Crippen molar-refractivity contribution < 1.29 is 9.90 Å². The fourth-order valence-corrected chi connectivity index (χ4v) is 2.29. The van der Waals surface area contributed by atoms with E-state index in [1.165, 1.54) is 0 Å². The van der Waals surface area contributed by atoms with E-state index in [0.29, 0.717) is 12.1 Å². The molecule has 0 aliphatic carbocycles. The third-order valence-electron chi connectivity index (χ3n) is 3.40. The Labute approximate surface area is 122 Å². The molecular formula is C17H16N2O2. The molecule has 1 unspecified atom stereocenters. The Morgan fingerprint density at radius 1 is 1.10 bits per heavy atom. The van der Waals surface area contributed by atoms with E-state index in [1.807, 2.05) is 36.4 Å². The summed E-state index contributed by atoms with van der Waals surface area (Å²) in [7, 11) is 0. The quantitative estimate of drug-likeness (QED) is 0.687. The van der Waals surface area contributed by atoms with Crippen molar-refractivity contribution in [3.63, 3.8) is 0 Å². The number of carbonyl (C=O) groups excluding carboxylic acids is 1. The zero-order valence-corrected chi connectivity index (χ0v) is 11.4. The van der Waals surface area contributed by atoms with Crippen molar-refractivity contribution in [1.82, 2.24) is 10.3 Å². The summed E-state index contributed by atoms with van der Waals surface area (Å²) < 4.78 is 0. The van der Waals surface area contributed by atoms with Crippen LogP contribution in [0.1, 0.15) is 17.4 Å². The number of fused-ring (bicyclic) bond motifs is 1. The Morgan fingerprint density at radius 3 is 2.57 bits per heavy atom. The predicted molar refractivity (Wildman–Crippen MR) is 81.5 cm³/mol. The summed E-state index contributed by atoms with van der Waals surface area (Å²) in [5.74, 6) is -0.403. The van der Waals surface area contributed by atoms with Gasteiger partial charge in [0.15, 0.2) is 6.10 Å². The first-order valence-corrected chi connectivity index (χ1v) is 6.81. The Balaban J connectivity index is 1.65. The first-order valence-electron chi connectivity index (χ1n) is 6.81. The summed E-state index contributed by atoms with van der Waals surface area (Å²) in [5.41, 5.74) is 2.53. The first kappa shape index (κ1) is 13.4. The number of aromatic nitrogens is 1. The molecule has 3 rings (SSSR count). The van der Waals surface area contributed by atoms with Crippen LogP contribution in [0.15, 0.2) is 60.7 Å². The maximum atomic E-state index is 12.0. The molecule has 0 saturated carbocycles. The topological polar surface area (TPSA) is 65.1 Å². The molecular weight excluding hydrogens is 264 g/mol. The van der Waals surface area contributed by atoms with Gasteiger partial charge in [-0.3, -0.25) is 4.79 Å². The summed E-state index contributed by atoms with van der Waals surface area (Å²) in [6, 6.07) is 18.8. The zero-order chi connectivity index (χ0) is 14.7.